The molecule has 0 atom stereocenters. The number of fused-ring (bicyclic) bond motifs is 1. The second-order valence-electron chi connectivity index (χ2n) is 3.15. The Bertz CT molecular complexity index is 369. The fourth-order valence-corrected chi connectivity index (χ4v) is 1.63. The van der Waals surface area contributed by atoms with Crippen LogP contribution in [0.25, 0.3) is 0 Å². The van der Waals surface area contributed by atoms with Gasteiger partial charge >= 0.3 is 0 Å². The first kappa shape index (κ1) is 8.26. The zero-order valence-electron chi connectivity index (χ0n) is 7.33. The Labute approximate surface area is 76.0 Å². The summed E-state index contributed by atoms with van der Waals surface area (Å²) in [6, 6.07) is 3.34. The van der Waals surface area contributed by atoms with Gasteiger partial charge in [0.15, 0.2) is 5.78 Å². The predicted molar refractivity (Wildman–Crippen MR) is 46.6 cm³/mol. The molecule has 3 nitrogen and oxygen atoms in total. The zero-order chi connectivity index (χ0) is 9.42. The predicted octanol–water partition coefficient (Wildman–Crippen LogP) is 1.62. The molecule has 0 saturated carbocycles. The third-order valence-electron chi connectivity index (χ3n) is 2.24. The lowest BCUT2D eigenvalue weighted by molar-refractivity contribution is 0.100. The number of carbonyl (C=O) groups excluding carboxylic acids is 1. The summed E-state index contributed by atoms with van der Waals surface area (Å²) in [5.74, 6) is -0.0587. The van der Waals surface area contributed by atoms with Crippen LogP contribution in [0.3, 0.4) is 0 Å². The maximum Gasteiger partial charge on any atom is 0.163 e. The first-order valence-corrected chi connectivity index (χ1v) is 4.12. The summed E-state index contributed by atoms with van der Waals surface area (Å²) in [4.78, 5) is 11.2. The lowest BCUT2D eigenvalue weighted by atomic mass is 10.00. The normalized spacial score (nSPS) is 14.2. The molecule has 1 aliphatic rings. The van der Waals surface area contributed by atoms with Gasteiger partial charge in [-0.15, -0.1) is 0 Å². The van der Waals surface area contributed by atoms with E-state index in [0.29, 0.717) is 18.8 Å². The molecule has 1 N–H and O–H groups in total. The first-order chi connectivity index (χ1) is 6.20. The van der Waals surface area contributed by atoms with Gasteiger partial charge in [0, 0.05) is 0 Å². The Morgan fingerprint density at radius 2 is 2.23 bits per heavy atom. The average molecular weight is 178 g/mol. The molecule has 0 saturated heterocycles. The van der Waals surface area contributed by atoms with Crippen molar-refractivity contribution in [3.63, 3.8) is 0 Å². The highest BCUT2D eigenvalue weighted by atomic mass is 16.5. The summed E-state index contributed by atoms with van der Waals surface area (Å²) in [7, 11) is 0. The number of hydrogen-bond donors (Lipinski definition) is 1. The van der Waals surface area contributed by atoms with E-state index in [1.165, 1.54) is 6.92 Å². The number of rotatable bonds is 1. The zero-order valence-corrected chi connectivity index (χ0v) is 7.33. The van der Waals surface area contributed by atoms with Crippen LogP contribution in [0.15, 0.2) is 12.1 Å². The number of phenolic OH excluding ortho intramolecular Hbond substituents is 1. The standard InChI is InChI=1S/C10H10O3/c1-6(11)10-8-5-13-4-7(8)2-3-9(10)12/h2-3,12H,4-5H2,1H3. The van der Waals surface area contributed by atoms with Crippen LogP contribution in [-0.2, 0) is 18.0 Å². The van der Waals surface area contributed by atoms with Gasteiger partial charge in [-0.05, 0) is 24.1 Å². The van der Waals surface area contributed by atoms with E-state index < -0.39 is 0 Å². The Kier molecular flexibility index (Phi) is 1.81. The van der Waals surface area contributed by atoms with Crippen molar-refractivity contribution in [2.24, 2.45) is 0 Å². The van der Waals surface area contributed by atoms with Gasteiger partial charge in [0.1, 0.15) is 5.75 Å². The third-order valence-corrected chi connectivity index (χ3v) is 2.24. The van der Waals surface area contributed by atoms with Crippen molar-refractivity contribution in [2.45, 2.75) is 20.1 Å². The van der Waals surface area contributed by atoms with Crippen molar-refractivity contribution in [1.29, 1.82) is 0 Å². The molecule has 0 radical (unpaired) electrons. The molecule has 1 aliphatic heterocycles. The summed E-state index contributed by atoms with van der Waals surface area (Å²) in [6.45, 7) is 2.42. The van der Waals surface area contributed by atoms with E-state index in [0.717, 1.165) is 11.1 Å². The van der Waals surface area contributed by atoms with Gasteiger partial charge < -0.3 is 9.84 Å². The monoisotopic (exact) mass is 178 g/mol. The Hall–Kier alpha value is -1.35. The molecule has 0 amide bonds. The van der Waals surface area contributed by atoms with Crippen LogP contribution in [0.5, 0.6) is 5.75 Å². The summed E-state index contributed by atoms with van der Waals surface area (Å²) in [5.41, 5.74) is 2.26. The highest BCUT2D eigenvalue weighted by molar-refractivity contribution is 5.98. The fraction of sp³-hybridized carbons (Fsp3) is 0.300. The minimum Gasteiger partial charge on any atom is -0.507 e. The van der Waals surface area contributed by atoms with E-state index in [1.54, 1.807) is 12.1 Å². The summed E-state index contributed by atoms with van der Waals surface area (Å²) >= 11 is 0. The second kappa shape index (κ2) is 2.85. The van der Waals surface area contributed by atoms with E-state index in [-0.39, 0.29) is 11.5 Å². The lowest BCUT2D eigenvalue weighted by Gasteiger charge is -2.05. The van der Waals surface area contributed by atoms with Crippen molar-refractivity contribution in [1.82, 2.24) is 0 Å². The molecule has 0 bridgehead atoms. The number of ketones is 1. The van der Waals surface area contributed by atoms with Gasteiger partial charge in [-0.1, -0.05) is 6.07 Å². The van der Waals surface area contributed by atoms with Crippen LogP contribution < -0.4 is 0 Å². The topological polar surface area (TPSA) is 46.5 Å². The van der Waals surface area contributed by atoms with Crippen LogP contribution in [-0.4, -0.2) is 10.9 Å². The van der Waals surface area contributed by atoms with Crippen LogP contribution in [0.1, 0.15) is 28.4 Å². The SMILES string of the molecule is CC(=O)c1c(O)ccc2c1COC2. The molecule has 3 heteroatoms. The van der Waals surface area contributed by atoms with E-state index >= 15 is 0 Å². The number of carbonyl (C=O) groups is 1. The number of ether oxygens (including phenoxy) is 1. The van der Waals surface area contributed by atoms with Crippen LogP contribution >= 0.6 is 0 Å². The van der Waals surface area contributed by atoms with Gasteiger partial charge in [-0.25, -0.2) is 0 Å². The Balaban J connectivity index is 2.65. The van der Waals surface area contributed by atoms with Gasteiger partial charge in [-0.3, -0.25) is 4.79 Å². The molecule has 2 rings (SSSR count). The lowest BCUT2D eigenvalue weighted by Crippen LogP contribution is -1.99. The number of benzene rings is 1. The van der Waals surface area contributed by atoms with Crippen molar-refractivity contribution >= 4 is 5.78 Å². The summed E-state index contributed by atoms with van der Waals surface area (Å²) < 4.78 is 5.20. The summed E-state index contributed by atoms with van der Waals surface area (Å²) in [5, 5.41) is 9.47. The molecule has 1 aromatic rings. The van der Waals surface area contributed by atoms with Crippen molar-refractivity contribution < 1.29 is 14.6 Å². The maximum absolute atomic E-state index is 11.2. The van der Waals surface area contributed by atoms with Crippen molar-refractivity contribution in [3.05, 3.63) is 28.8 Å². The van der Waals surface area contributed by atoms with Gasteiger partial charge in [0.25, 0.3) is 0 Å². The molecule has 0 unspecified atom stereocenters. The van der Waals surface area contributed by atoms with E-state index in [1.807, 2.05) is 0 Å². The highest BCUT2D eigenvalue weighted by Gasteiger charge is 2.20. The molecule has 0 spiro atoms. The molecule has 1 aromatic carbocycles. The van der Waals surface area contributed by atoms with Gasteiger partial charge in [0.05, 0.1) is 18.8 Å². The first-order valence-electron chi connectivity index (χ1n) is 4.12. The molecule has 0 aromatic heterocycles. The van der Waals surface area contributed by atoms with Crippen LogP contribution in [0.4, 0.5) is 0 Å². The van der Waals surface area contributed by atoms with E-state index in [4.69, 9.17) is 4.74 Å². The number of aromatic hydroxyl groups is 1. The van der Waals surface area contributed by atoms with Crippen molar-refractivity contribution in [3.8, 4) is 5.75 Å². The molecule has 0 fully saturated rings. The fourth-order valence-electron chi connectivity index (χ4n) is 1.63. The molecule has 13 heavy (non-hydrogen) atoms. The minimum absolute atomic E-state index is 0.0525. The van der Waals surface area contributed by atoms with Crippen molar-refractivity contribution in [2.75, 3.05) is 0 Å². The smallest absolute Gasteiger partial charge is 0.163 e. The number of Topliss-reactive ketones (excluding diaryl/α,β-unsaturated/α-hetero) is 1. The third kappa shape index (κ3) is 1.21. The molecular formula is C10H10O3. The second-order valence-corrected chi connectivity index (χ2v) is 3.15. The Morgan fingerprint density at radius 3 is 2.92 bits per heavy atom. The maximum atomic E-state index is 11.2. The quantitative estimate of drug-likeness (QED) is 0.665. The summed E-state index contributed by atoms with van der Waals surface area (Å²) in [6.07, 6.45) is 0. The molecular weight excluding hydrogens is 168 g/mol. The number of phenols is 1. The highest BCUT2D eigenvalue weighted by Crippen LogP contribution is 2.30. The average Bonchev–Trinajstić information content (AvgIpc) is 2.50. The van der Waals surface area contributed by atoms with Crippen LogP contribution in [0, 0.1) is 0 Å². The molecule has 68 valence electrons. The van der Waals surface area contributed by atoms with E-state index in [2.05, 4.69) is 0 Å². The Morgan fingerprint density at radius 1 is 1.46 bits per heavy atom. The van der Waals surface area contributed by atoms with Crippen LogP contribution in [0.2, 0.25) is 0 Å². The van der Waals surface area contributed by atoms with E-state index in [9.17, 15) is 9.90 Å². The largest absolute Gasteiger partial charge is 0.507 e. The molecule has 1 heterocycles. The van der Waals surface area contributed by atoms with Gasteiger partial charge in [-0.2, -0.15) is 0 Å². The van der Waals surface area contributed by atoms with Gasteiger partial charge in [0.2, 0.25) is 0 Å². The number of hydrogen-bond acceptors (Lipinski definition) is 3. The minimum atomic E-state index is -0.111. The molecule has 0 aliphatic carbocycles.